The van der Waals surface area contributed by atoms with Crippen molar-refractivity contribution in [2.24, 2.45) is 10.2 Å². The highest BCUT2D eigenvalue weighted by Crippen LogP contribution is 2.32. The van der Waals surface area contributed by atoms with E-state index in [1.165, 1.54) is 35.5 Å². The monoisotopic (exact) mass is 505 g/mol. The fourth-order valence-electron chi connectivity index (χ4n) is 3.31. The largest absolute Gasteiger partial charge is 0.493 e. The summed E-state index contributed by atoms with van der Waals surface area (Å²) >= 11 is 0. The van der Waals surface area contributed by atoms with E-state index in [0.29, 0.717) is 18.8 Å². The summed E-state index contributed by atoms with van der Waals surface area (Å²) < 4.78 is 33.3. The Labute approximate surface area is 205 Å². The fourth-order valence-corrected chi connectivity index (χ4v) is 4.80. The maximum Gasteiger partial charge on any atom is 0.271 e. The summed E-state index contributed by atoms with van der Waals surface area (Å²) in [5.74, 6) is -0.475. The number of azo groups is 1. The van der Waals surface area contributed by atoms with Crippen molar-refractivity contribution < 1.29 is 23.4 Å². The lowest BCUT2D eigenvalue weighted by molar-refractivity contribution is 0.0854. The predicted molar refractivity (Wildman–Crippen MR) is 130 cm³/mol. The summed E-state index contributed by atoms with van der Waals surface area (Å²) in [4.78, 5) is 12.7. The molecule has 1 aromatic heterocycles. The van der Waals surface area contributed by atoms with Gasteiger partial charge in [0.15, 0.2) is 5.69 Å². The summed E-state index contributed by atoms with van der Waals surface area (Å²) in [6.45, 7) is 5.93. The molecule has 0 unspecified atom stereocenters. The number of unbranched alkanes of at least 4 members (excludes halogenated alkanes) is 1. The number of nitrogens with zero attached hydrogens (tertiary/aromatic N) is 5. The maximum absolute atomic E-state index is 12.9. The van der Waals surface area contributed by atoms with Crippen LogP contribution in [0.3, 0.4) is 0 Å². The molecule has 0 amide bonds. The fraction of sp³-hybridized carbons (Fsp3) is 0.478. The molecule has 0 radical (unpaired) electrons. The molecule has 12 heteroatoms. The van der Waals surface area contributed by atoms with E-state index < -0.39 is 21.5 Å². The average Bonchev–Trinajstić information content (AvgIpc) is 2.84. The number of aromatic nitrogens is 1. The quantitative estimate of drug-likeness (QED) is 0.313. The Bertz CT molecular complexity index is 1230. The lowest BCUT2D eigenvalue weighted by Gasteiger charge is -2.20. The lowest BCUT2D eigenvalue weighted by atomic mass is 10.1. The number of pyridine rings is 1. The number of hydrogen-bond acceptors (Lipinski definition) is 9. The molecule has 190 valence electrons. The number of hydrogen-bond donors (Lipinski definition) is 2. The Morgan fingerprint density at radius 3 is 2.43 bits per heavy atom. The van der Waals surface area contributed by atoms with E-state index in [4.69, 9.17) is 9.84 Å². The number of rotatable bonds is 13. The minimum absolute atomic E-state index is 0.0293. The second kappa shape index (κ2) is 13.1. The first-order chi connectivity index (χ1) is 16.7. The first-order valence-corrected chi connectivity index (χ1v) is 12.7. The Balaban J connectivity index is 2.35. The molecule has 1 aromatic carbocycles. The Morgan fingerprint density at radius 2 is 1.86 bits per heavy atom. The third-order valence-corrected chi connectivity index (χ3v) is 7.31. The van der Waals surface area contributed by atoms with Crippen molar-refractivity contribution in [2.45, 2.75) is 45.1 Å². The smallest absolute Gasteiger partial charge is 0.271 e. The van der Waals surface area contributed by atoms with Crippen LogP contribution < -0.4 is 5.56 Å². The van der Waals surface area contributed by atoms with E-state index in [1.807, 2.05) is 13.0 Å². The molecule has 0 bridgehead atoms. The van der Waals surface area contributed by atoms with Gasteiger partial charge in [-0.05, 0) is 37.6 Å². The van der Waals surface area contributed by atoms with Gasteiger partial charge in [0.25, 0.3) is 5.56 Å². The van der Waals surface area contributed by atoms with Crippen molar-refractivity contribution in [3.8, 4) is 11.9 Å². The van der Waals surface area contributed by atoms with E-state index in [-0.39, 0.29) is 48.1 Å². The number of benzene rings is 1. The van der Waals surface area contributed by atoms with Crippen molar-refractivity contribution in [3.63, 3.8) is 0 Å². The van der Waals surface area contributed by atoms with Gasteiger partial charge in [0.05, 0.1) is 36.9 Å². The van der Waals surface area contributed by atoms with Crippen LogP contribution in [-0.2, 0) is 21.3 Å². The molecule has 0 atom stereocenters. The van der Waals surface area contributed by atoms with Gasteiger partial charge in [-0.2, -0.15) is 14.7 Å². The van der Waals surface area contributed by atoms with Crippen LogP contribution in [-0.4, -0.2) is 60.4 Å². The standard InChI is InChI=1S/C23H31N5O6S/c1-4-6-11-27(5-2)35(32,33)19-9-7-18(8-10-19)25-26-21-17(3)20(16-24)22(30)28(23(21)31)12-14-34-15-13-29/h7-10,29,31H,4-6,11-15H2,1-3H3/b26-25+. The number of nitriles is 1. The van der Waals surface area contributed by atoms with Crippen molar-refractivity contribution in [1.29, 1.82) is 5.26 Å². The van der Waals surface area contributed by atoms with E-state index >= 15 is 0 Å². The molecule has 0 aliphatic carbocycles. The van der Waals surface area contributed by atoms with Crippen LogP contribution in [0.2, 0.25) is 0 Å². The zero-order valence-corrected chi connectivity index (χ0v) is 21.0. The third-order valence-electron chi connectivity index (χ3n) is 5.32. The molecule has 1 heterocycles. The van der Waals surface area contributed by atoms with Crippen molar-refractivity contribution >= 4 is 21.4 Å². The van der Waals surface area contributed by atoms with Crippen LogP contribution >= 0.6 is 0 Å². The van der Waals surface area contributed by atoms with Crippen molar-refractivity contribution in [3.05, 3.63) is 45.7 Å². The first-order valence-electron chi connectivity index (χ1n) is 11.3. The van der Waals surface area contributed by atoms with Crippen LogP contribution in [0.25, 0.3) is 0 Å². The molecule has 0 aliphatic heterocycles. The van der Waals surface area contributed by atoms with Crippen LogP contribution in [0.4, 0.5) is 11.4 Å². The molecule has 35 heavy (non-hydrogen) atoms. The van der Waals surface area contributed by atoms with Gasteiger partial charge in [0.2, 0.25) is 15.9 Å². The predicted octanol–water partition coefficient (Wildman–Crippen LogP) is 2.97. The second-order valence-corrected chi connectivity index (χ2v) is 9.56. The van der Waals surface area contributed by atoms with E-state index in [0.717, 1.165) is 17.4 Å². The SMILES string of the molecule is CCCCN(CC)S(=O)(=O)c1ccc(/N=N/c2c(C)c(C#N)c(=O)n(CCOCCO)c2O)cc1. The lowest BCUT2D eigenvalue weighted by Crippen LogP contribution is -2.31. The summed E-state index contributed by atoms with van der Waals surface area (Å²) in [7, 11) is -3.63. The molecule has 11 nitrogen and oxygen atoms in total. The highest BCUT2D eigenvalue weighted by Gasteiger charge is 2.22. The molecule has 0 spiro atoms. The molecule has 0 saturated carbocycles. The van der Waals surface area contributed by atoms with Gasteiger partial charge in [0, 0.05) is 18.7 Å². The normalized spacial score (nSPS) is 11.9. The van der Waals surface area contributed by atoms with Crippen LogP contribution in [0, 0.1) is 18.3 Å². The van der Waals surface area contributed by atoms with Crippen LogP contribution in [0.5, 0.6) is 5.88 Å². The molecular weight excluding hydrogens is 474 g/mol. The van der Waals surface area contributed by atoms with E-state index in [2.05, 4.69) is 10.2 Å². The minimum Gasteiger partial charge on any atom is -0.493 e. The maximum atomic E-state index is 12.9. The number of aromatic hydroxyl groups is 1. The Morgan fingerprint density at radius 1 is 1.17 bits per heavy atom. The second-order valence-electron chi connectivity index (χ2n) is 7.62. The molecule has 2 N–H and O–H groups in total. The number of aliphatic hydroxyl groups is 1. The third kappa shape index (κ3) is 6.73. The van der Waals surface area contributed by atoms with Gasteiger partial charge in [-0.3, -0.25) is 9.36 Å². The van der Waals surface area contributed by atoms with Crippen molar-refractivity contribution in [2.75, 3.05) is 32.9 Å². The molecule has 2 rings (SSSR count). The Hall–Kier alpha value is -3.11. The van der Waals surface area contributed by atoms with Gasteiger partial charge in [-0.1, -0.05) is 20.3 Å². The summed E-state index contributed by atoms with van der Waals surface area (Å²) in [6.07, 6.45) is 1.65. The van der Waals surface area contributed by atoms with E-state index in [1.54, 1.807) is 6.92 Å². The highest BCUT2D eigenvalue weighted by atomic mass is 32.2. The first kappa shape index (κ1) is 28.1. The highest BCUT2D eigenvalue weighted by molar-refractivity contribution is 7.89. The number of sulfonamides is 1. The van der Waals surface area contributed by atoms with Gasteiger partial charge in [-0.15, -0.1) is 5.11 Å². The molecular formula is C23H31N5O6S. The molecule has 0 fully saturated rings. The van der Waals surface area contributed by atoms with Gasteiger partial charge < -0.3 is 14.9 Å². The van der Waals surface area contributed by atoms with Crippen LogP contribution in [0.15, 0.2) is 44.2 Å². The Kier molecular flexibility index (Phi) is 10.5. The zero-order chi connectivity index (χ0) is 26.0. The van der Waals surface area contributed by atoms with E-state index in [9.17, 15) is 23.6 Å². The van der Waals surface area contributed by atoms with Gasteiger partial charge in [-0.25, -0.2) is 8.42 Å². The summed E-state index contributed by atoms with van der Waals surface area (Å²) in [5.41, 5.74) is -0.446. The zero-order valence-electron chi connectivity index (χ0n) is 20.1. The summed E-state index contributed by atoms with van der Waals surface area (Å²) in [5, 5.41) is 36.9. The van der Waals surface area contributed by atoms with Gasteiger partial charge >= 0.3 is 0 Å². The van der Waals surface area contributed by atoms with Gasteiger partial charge in [0.1, 0.15) is 11.6 Å². The molecule has 0 aliphatic rings. The number of aliphatic hydroxyl groups excluding tert-OH is 1. The number of ether oxygens (including phenoxy) is 1. The molecule has 2 aromatic rings. The van der Waals surface area contributed by atoms with Crippen LogP contribution in [0.1, 0.15) is 37.8 Å². The van der Waals surface area contributed by atoms with Crippen molar-refractivity contribution in [1.82, 2.24) is 8.87 Å². The topological polar surface area (TPSA) is 158 Å². The minimum atomic E-state index is -3.63. The molecule has 0 saturated heterocycles. The average molecular weight is 506 g/mol. The summed E-state index contributed by atoms with van der Waals surface area (Å²) in [6, 6.07) is 7.67.